The Bertz CT molecular complexity index is 806. The van der Waals surface area contributed by atoms with E-state index in [4.69, 9.17) is 4.74 Å². The van der Waals surface area contributed by atoms with Crippen LogP contribution >= 0.6 is 0 Å². The molecule has 0 aliphatic carbocycles. The summed E-state index contributed by atoms with van der Waals surface area (Å²) in [5.41, 5.74) is 2.79. The first-order valence-corrected chi connectivity index (χ1v) is 9.67. The molecular formula is C18H24N6O2. The molecule has 1 unspecified atom stereocenters. The number of ether oxygens (including phenoxy) is 1. The number of aromatic nitrogens is 5. The minimum Gasteiger partial charge on any atom is -0.372 e. The molecule has 0 aromatic carbocycles. The highest BCUT2D eigenvalue weighted by molar-refractivity contribution is 5.95. The van der Waals surface area contributed by atoms with Crippen LogP contribution in [0.2, 0.25) is 0 Å². The highest BCUT2D eigenvalue weighted by Crippen LogP contribution is 2.28. The summed E-state index contributed by atoms with van der Waals surface area (Å²) in [6.07, 6.45) is 9.98. The smallest absolute Gasteiger partial charge is 0.257 e. The van der Waals surface area contributed by atoms with Gasteiger partial charge in [-0.1, -0.05) is 5.21 Å². The van der Waals surface area contributed by atoms with Crippen LogP contribution in [-0.2, 0) is 24.2 Å². The number of hydrogen-bond acceptors (Lipinski definition) is 5. The van der Waals surface area contributed by atoms with Crippen LogP contribution < -0.4 is 0 Å². The number of fused-ring (bicyclic) bond motifs is 1. The van der Waals surface area contributed by atoms with E-state index in [9.17, 15) is 4.79 Å². The molecule has 2 fully saturated rings. The number of carbonyl (C=O) groups excluding carboxylic acids is 1. The molecule has 0 spiro atoms. The van der Waals surface area contributed by atoms with E-state index in [-0.39, 0.29) is 18.1 Å². The van der Waals surface area contributed by atoms with Crippen LogP contribution in [0.4, 0.5) is 0 Å². The molecule has 3 aliphatic rings. The van der Waals surface area contributed by atoms with Gasteiger partial charge < -0.3 is 9.64 Å². The molecule has 5 heterocycles. The lowest BCUT2D eigenvalue weighted by Gasteiger charge is -2.24. The lowest BCUT2D eigenvalue weighted by Crippen LogP contribution is -2.38. The van der Waals surface area contributed by atoms with E-state index in [0.717, 1.165) is 75.2 Å². The summed E-state index contributed by atoms with van der Waals surface area (Å²) < 4.78 is 9.53. The fourth-order valence-corrected chi connectivity index (χ4v) is 4.47. The topological polar surface area (TPSA) is 78.1 Å². The minimum absolute atomic E-state index is 0.0834. The van der Waals surface area contributed by atoms with Gasteiger partial charge in [0.1, 0.15) is 11.8 Å². The van der Waals surface area contributed by atoms with Crippen molar-refractivity contribution in [3.63, 3.8) is 0 Å². The Morgan fingerprint density at radius 1 is 1.23 bits per heavy atom. The Balaban J connectivity index is 1.30. The molecule has 0 saturated carbocycles. The normalized spacial score (nSPS) is 25.2. The predicted molar refractivity (Wildman–Crippen MR) is 92.6 cm³/mol. The second-order valence-electron chi connectivity index (χ2n) is 7.49. The molecule has 2 saturated heterocycles. The van der Waals surface area contributed by atoms with Crippen LogP contribution in [0.15, 0.2) is 12.4 Å². The van der Waals surface area contributed by atoms with Gasteiger partial charge in [0.25, 0.3) is 5.91 Å². The number of rotatable bonds is 4. The van der Waals surface area contributed by atoms with Gasteiger partial charge in [-0.25, -0.2) is 0 Å². The number of nitrogens with zero attached hydrogens (tertiary/aromatic N) is 6. The first-order chi connectivity index (χ1) is 12.8. The summed E-state index contributed by atoms with van der Waals surface area (Å²) >= 11 is 0. The largest absolute Gasteiger partial charge is 0.372 e. The van der Waals surface area contributed by atoms with Gasteiger partial charge in [0.2, 0.25) is 0 Å². The molecule has 0 radical (unpaired) electrons. The molecule has 8 nitrogen and oxygen atoms in total. The van der Waals surface area contributed by atoms with Gasteiger partial charge in [0, 0.05) is 19.7 Å². The number of carbonyl (C=O) groups is 1. The number of amides is 1. The maximum atomic E-state index is 13.1. The molecule has 0 N–H and O–H groups in total. The second kappa shape index (κ2) is 6.50. The van der Waals surface area contributed by atoms with Crippen LogP contribution in [0.25, 0.3) is 0 Å². The average molecular weight is 356 g/mol. The molecule has 3 aliphatic heterocycles. The van der Waals surface area contributed by atoms with Crippen molar-refractivity contribution in [2.45, 2.75) is 63.8 Å². The summed E-state index contributed by atoms with van der Waals surface area (Å²) in [4.78, 5) is 15.1. The van der Waals surface area contributed by atoms with Crippen molar-refractivity contribution < 1.29 is 9.53 Å². The molecule has 8 heteroatoms. The lowest BCUT2D eigenvalue weighted by atomic mass is 10.1. The lowest BCUT2D eigenvalue weighted by molar-refractivity contribution is 0.0720. The molecule has 138 valence electrons. The number of hydrogen-bond donors (Lipinski definition) is 0. The van der Waals surface area contributed by atoms with Crippen LogP contribution in [0.5, 0.6) is 0 Å². The Kier molecular flexibility index (Phi) is 4.00. The first-order valence-electron chi connectivity index (χ1n) is 9.67. The van der Waals surface area contributed by atoms with E-state index in [2.05, 4.69) is 15.4 Å². The molecule has 0 bridgehead atoms. The molecule has 1 amide bonds. The minimum atomic E-state index is 0.0834. The summed E-state index contributed by atoms with van der Waals surface area (Å²) in [5, 5.41) is 12.9. The maximum Gasteiger partial charge on any atom is 0.257 e. The van der Waals surface area contributed by atoms with Crippen molar-refractivity contribution in [1.82, 2.24) is 29.7 Å². The third-order valence-electron chi connectivity index (χ3n) is 5.81. The third kappa shape index (κ3) is 2.72. The second-order valence-corrected chi connectivity index (χ2v) is 7.49. The van der Waals surface area contributed by atoms with Crippen molar-refractivity contribution in [3.05, 3.63) is 29.3 Å². The zero-order valence-corrected chi connectivity index (χ0v) is 14.9. The Morgan fingerprint density at radius 3 is 3.08 bits per heavy atom. The van der Waals surface area contributed by atoms with Crippen molar-refractivity contribution in [2.75, 3.05) is 13.2 Å². The van der Waals surface area contributed by atoms with Gasteiger partial charge in [-0.15, -0.1) is 5.10 Å². The fourth-order valence-electron chi connectivity index (χ4n) is 4.47. The van der Waals surface area contributed by atoms with E-state index in [1.807, 2.05) is 20.5 Å². The van der Waals surface area contributed by atoms with Gasteiger partial charge in [-0.2, -0.15) is 5.10 Å². The number of aryl methyl sites for hydroxylation is 1. The van der Waals surface area contributed by atoms with Gasteiger partial charge in [-0.3, -0.25) is 14.2 Å². The van der Waals surface area contributed by atoms with Gasteiger partial charge >= 0.3 is 0 Å². The van der Waals surface area contributed by atoms with Crippen molar-refractivity contribution in [1.29, 1.82) is 0 Å². The Hall–Kier alpha value is -2.22. The van der Waals surface area contributed by atoms with Crippen molar-refractivity contribution >= 4 is 5.91 Å². The maximum absolute atomic E-state index is 13.1. The summed E-state index contributed by atoms with van der Waals surface area (Å²) in [6, 6.07) is 0.165. The molecule has 2 aromatic rings. The fraction of sp³-hybridized carbons (Fsp3) is 0.667. The van der Waals surface area contributed by atoms with Gasteiger partial charge in [0.15, 0.2) is 0 Å². The third-order valence-corrected chi connectivity index (χ3v) is 5.81. The summed E-state index contributed by atoms with van der Waals surface area (Å²) in [6.45, 7) is 3.23. The summed E-state index contributed by atoms with van der Waals surface area (Å²) in [7, 11) is 0. The molecule has 2 atom stereocenters. The molecule has 2 aromatic heterocycles. The monoisotopic (exact) mass is 356 g/mol. The highest BCUT2D eigenvalue weighted by Gasteiger charge is 2.33. The standard InChI is InChI=1S/C18H24N6O2/c25-18(14-10-19-24-8-2-5-16(14)24)23-7-1-4-13(23)11-22-12-15(20-21-22)17-6-3-9-26-17/h10,12-13,17H,1-9,11H2/t13-,17?/m0/s1. The van der Waals surface area contributed by atoms with Gasteiger partial charge in [-0.05, 0) is 38.5 Å². The van der Waals surface area contributed by atoms with E-state index in [0.29, 0.717) is 6.54 Å². The average Bonchev–Trinajstić information content (AvgIpc) is 3.40. The zero-order chi connectivity index (χ0) is 17.5. The molecule has 5 rings (SSSR count). The quantitative estimate of drug-likeness (QED) is 0.831. The Morgan fingerprint density at radius 2 is 2.19 bits per heavy atom. The first kappa shape index (κ1) is 16.0. The van der Waals surface area contributed by atoms with Crippen LogP contribution in [0.1, 0.15) is 60.0 Å². The van der Waals surface area contributed by atoms with E-state index >= 15 is 0 Å². The van der Waals surface area contributed by atoms with Crippen LogP contribution in [-0.4, -0.2) is 54.8 Å². The molecule has 26 heavy (non-hydrogen) atoms. The molecular weight excluding hydrogens is 332 g/mol. The van der Waals surface area contributed by atoms with E-state index in [1.54, 1.807) is 6.20 Å². The highest BCUT2D eigenvalue weighted by atomic mass is 16.5. The SMILES string of the molecule is O=C(c1cnn2c1CCC2)N1CCC[C@H]1Cn1cc(C2CCCO2)nn1. The predicted octanol–water partition coefficient (Wildman–Crippen LogP) is 1.58. The van der Waals surface area contributed by atoms with E-state index in [1.165, 1.54) is 0 Å². The Labute approximate surface area is 152 Å². The van der Waals surface area contributed by atoms with E-state index < -0.39 is 0 Å². The van der Waals surface area contributed by atoms with Crippen LogP contribution in [0.3, 0.4) is 0 Å². The van der Waals surface area contributed by atoms with Crippen molar-refractivity contribution in [3.8, 4) is 0 Å². The summed E-state index contributed by atoms with van der Waals surface area (Å²) in [5.74, 6) is 0.120. The van der Waals surface area contributed by atoms with Gasteiger partial charge in [0.05, 0.1) is 36.2 Å². The van der Waals surface area contributed by atoms with Crippen molar-refractivity contribution in [2.24, 2.45) is 0 Å². The van der Waals surface area contributed by atoms with Crippen LogP contribution in [0, 0.1) is 0 Å². The zero-order valence-electron chi connectivity index (χ0n) is 14.9. The number of likely N-dealkylation sites (tertiary alicyclic amines) is 1.